The Bertz CT molecular complexity index is 346. The molecule has 3 heterocycles. The summed E-state index contributed by atoms with van der Waals surface area (Å²) in [6.07, 6.45) is 4.34. The number of nitrogens with one attached hydrogen (secondary N) is 1. The lowest BCUT2D eigenvalue weighted by Gasteiger charge is -2.31. The molecule has 14 heavy (non-hydrogen) atoms. The second-order valence-corrected chi connectivity index (χ2v) is 3.91. The molecule has 1 aromatic heterocycles. The van der Waals surface area contributed by atoms with Crippen LogP contribution in [0.5, 0.6) is 0 Å². The molecule has 74 valence electrons. The molecule has 0 amide bonds. The number of nitrogens with zero attached hydrogens (tertiary/aromatic N) is 3. The van der Waals surface area contributed by atoms with Crippen LogP contribution in [0.2, 0.25) is 0 Å². The molecular formula is C10H14N4. The third-order valence-electron chi connectivity index (χ3n) is 2.94. The fourth-order valence-electron chi connectivity index (χ4n) is 1.89. The minimum Gasteiger partial charge on any atom is -0.341 e. The molecule has 0 atom stereocenters. The third kappa shape index (κ3) is 1.26. The van der Waals surface area contributed by atoms with E-state index in [-0.39, 0.29) is 0 Å². The Kier molecular flexibility index (Phi) is 1.87. The molecule has 0 unspecified atom stereocenters. The molecule has 0 spiro atoms. The van der Waals surface area contributed by atoms with Crippen molar-refractivity contribution >= 4 is 5.95 Å². The van der Waals surface area contributed by atoms with Crippen LogP contribution in [0.15, 0.2) is 6.20 Å². The van der Waals surface area contributed by atoms with Crippen molar-refractivity contribution in [3.63, 3.8) is 0 Å². The Morgan fingerprint density at radius 1 is 1.36 bits per heavy atom. The van der Waals surface area contributed by atoms with E-state index < -0.39 is 0 Å². The Morgan fingerprint density at radius 3 is 3.07 bits per heavy atom. The number of rotatable bonds is 1. The van der Waals surface area contributed by atoms with Crippen molar-refractivity contribution < 1.29 is 0 Å². The van der Waals surface area contributed by atoms with Crippen LogP contribution in [0.25, 0.3) is 0 Å². The van der Waals surface area contributed by atoms with Crippen molar-refractivity contribution in [3.8, 4) is 0 Å². The van der Waals surface area contributed by atoms with Crippen LogP contribution in [-0.2, 0) is 13.0 Å². The maximum absolute atomic E-state index is 4.59. The first-order valence-corrected chi connectivity index (χ1v) is 5.24. The molecule has 2 aliphatic heterocycles. The molecule has 1 saturated heterocycles. The standard InChI is InChI=1S/C10H14N4/c1-4-14(5-1)10-12-6-8-2-3-11-7-9(8)13-10/h6,11H,1-5,7H2. The first-order valence-electron chi connectivity index (χ1n) is 5.24. The highest BCUT2D eigenvalue weighted by Crippen LogP contribution is 2.18. The van der Waals surface area contributed by atoms with Gasteiger partial charge in [-0.15, -0.1) is 0 Å². The van der Waals surface area contributed by atoms with Crippen LogP contribution in [0.1, 0.15) is 17.7 Å². The van der Waals surface area contributed by atoms with Crippen LogP contribution in [0, 0.1) is 0 Å². The second kappa shape index (κ2) is 3.20. The zero-order valence-electron chi connectivity index (χ0n) is 8.16. The van der Waals surface area contributed by atoms with E-state index in [4.69, 9.17) is 0 Å². The average molecular weight is 190 g/mol. The van der Waals surface area contributed by atoms with E-state index in [1.807, 2.05) is 6.20 Å². The number of hydrogen-bond acceptors (Lipinski definition) is 4. The van der Waals surface area contributed by atoms with Gasteiger partial charge in [0.25, 0.3) is 0 Å². The molecule has 1 aromatic rings. The molecule has 0 bridgehead atoms. The van der Waals surface area contributed by atoms with Crippen LogP contribution in [0.4, 0.5) is 5.95 Å². The van der Waals surface area contributed by atoms with Crippen molar-refractivity contribution in [3.05, 3.63) is 17.5 Å². The number of hydrogen-bond donors (Lipinski definition) is 1. The van der Waals surface area contributed by atoms with Crippen LogP contribution >= 0.6 is 0 Å². The van der Waals surface area contributed by atoms with Crippen LogP contribution in [0.3, 0.4) is 0 Å². The van der Waals surface area contributed by atoms with Gasteiger partial charge >= 0.3 is 0 Å². The third-order valence-corrected chi connectivity index (χ3v) is 2.94. The van der Waals surface area contributed by atoms with Gasteiger partial charge in [-0.2, -0.15) is 0 Å². The van der Waals surface area contributed by atoms with Crippen molar-refractivity contribution in [2.24, 2.45) is 0 Å². The quantitative estimate of drug-likeness (QED) is 0.693. The highest BCUT2D eigenvalue weighted by Gasteiger charge is 2.19. The summed E-state index contributed by atoms with van der Waals surface area (Å²) in [7, 11) is 0. The fourth-order valence-corrected chi connectivity index (χ4v) is 1.89. The van der Waals surface area contributed by atoms with Gasteiger partial charge in [0.1, 0.15) is 0 Å². The molecule has 0 aromatic carbocycles. The molecule has 1 N–H and O–H groups in total. The van der Waals surface area contributed by atoms with Gasteiger partial charge in [-0.3, -0.25) is 0 Å². The van der Waals surface area contributed by atoms with E-state index in [0.29, 0.717) is 0 Å². The number of fused-ring (bicyclic) bond motifs is 1. The van der Waals surface area contributed by atoms with Gasteiger partial charge in [0.05, 0.1) is 5.69 Å². The molecule has 3 rings (SSSR count). The predicted octanol–water partition coefficient (Wildman–Crippen LogP) is 0.332. The van der Waals surface area contributed by atoms with Gasteiger partial charge in [0, 0.05) is 25.8 Å². The maximum Gasteiger partial charge on any atom is 0.225 e. The largest absolute Gasteiger partial charge is 0.341 e. The predicted molar refractivity (Wildman–Crippen MR) is 54.3 cm³/mol. The normalized spacial score (nSPS) is 20.1. The summed E-state index contributed by atoms with van der Waals surface area (Å²) in [4.78, 5) is 11.2. The SMILES string of the molecule is c1nc(N2CCC2)nc2c1CCNC2. The Hall–Kier alpha value is -1.16. The molecule has 0 radical (unpaired) electrons. The summed E-state index contributed by atoms with van der Waals surface area (Å²) in [5.41, 5.74) is 2.50. The molecule has 0 saturated carbocycles. The van der Waals surface area contributed by atoms with E-state index >= 15 is 0 Å². The molecule has 2 aliphatic rings. The second-order valence-electron chi connectivity index (χ2n) is 3.91. The van der Waals surface area contributed by atoms with E-state index in [0.717, 1.165) is 38.5 Å². The summed E-state index contributed by atoms with van der Waals surface area (Å²) in [6, 6.07) is 0. The maximum atomic E-state index is 4.59. The minimum atomic E-state index is 0.901. The monoisotopic (exact) mass is 190 g/mol. The smallest absolute Gasteiger partial charge is 0.225 e. The van der Waals surface area contributed by atoms with E-state index in [1.165, 1.54) is 17.7 Å². The Balaban J connectivity index is 1.92. The lowest BCUT2D eigenvalue weighted by Crippen LogP contribution is -2.39. The van der Waals surface area contributed by atoms with E-state index in [9.17, 15) is 0 Å². The zero-order valence-corrected chi connectivity index (χ0v) is 8.16. The lowest BCUT2D eigenvalue weighted by molar-refractivity contribution is 0.583. The van der Waals surface area contributed by atoms with Gasteiger partial charge in [-0.05, 0) is 24.9 Å². The fraction of sp³-hybridized carbons (Fsp3) is 0.600. The zero-order chi connectivity index (χ0) is 9.38. The van der Waals surface area contributed by atoms with Gasteiger partial charge in [0.2, 0.25) is 5.95 Å². The first-order chi connectivity index (χ1) is 6.93. The van der Waals surface area contributed by atoms with Gasteiger partial charge in [-0.1, -0.05) is 0 Å². The molecule has 4 nitrogen and oxygen atoms in total. The van der Waals surface area contributed by atoms with Crippen LogP contribution < -0.4 is 10.2 Å². The average Bonchev–Trinajstić information content (AvgIpc) is 2.15. The molecule has 1 fully saturated rings. The van der Waals surface area contributed by atoms with Gasteiger partial charge in [-0.25, -0.2) is 9.97 Å². The highest BCUT2D eigenvalue weighted by molar-refractivity contribution is 5.36. The van der Waals surface area contributed by atoms with Crippen molar-refractivity contribution in [2.45, 2.75) is 19.4 Å². The summed E-state index contributed by atoms with van der Waals surface area (Å²) < 4.78 is 0. The summed E-state index contributed by atoms with van der Waals surface area (Å²) in [5.74, 6) is 0.915. The van der Waals surface area contributed by atoms with Crippen LogP contribution in [-0.4, -0.2) is 29.6 Å². The summed E-state index contributed by atoms with van der Waals surface area (Å²) in [5, 5.41) is 3.33. The van der Waals surface area contributed by atoms with Gasteiger partial charge in [0.15, 0.2) is 0 Å². The summed E-state index contributed by atoms with van der Waals surface area (Å²) >= 11 is 0. The van der Waals surface area contributed by atoms with Crippen molar-refractivity contribution in [1.82, 2.24) is 15.3 Å². The highest BCUT2D eigenvalue weighted by atomic mass is 15.3. The topological polar surface area (TPSA) is 41.1 Å². The minimum absolute atomic E-state index is 0.901. The lowest BCUT2D eigenvalue weighted by atomic mass is 10.1. The molecule has 0 aliphatic carbocycles. The first kappa shape index (κ1) is 8.17. The van der Waals surface area contributed by atoms with Crippen molar-refractivity contribution in [1.29, 1.82) is 0 Å². The molecule has 4 heteroatoms. The Morgan fingerprint density at radius 2 is 2.29 bits per heavy atom. The summed E-state index contributed by atoms with van der Waals surface area (Å²) in [6.45, 7) is 4.19. The number of anilines is 1. The Labute approximate surface area is 83.4 Å². The van der Waals surface area contributed by atoms with E-state index in [1.54, 1.807) is 0 Å². The molecular weight excluding hydrogens is 176 g/mol. The van der Waals surface area contributed by atoms with Gasteiger partial charge < -0.3 is 10.2 Å². The van der Waals surface area contributed by atoms with E-state index in [2.05, 4.69) is 20.2 Å². The number of aromatic nitrogens is 2. The van der Waals surface area contributed by atoms with Crippen molar-refractivity contribution in [2.75, 3.05) is 24.5 Å².